The van der Waals surface area contributed by atoms with E-state index >= 15 is 0 Å². The molecule has 0 spiro atoms. The summed E-state index contributed by atoms with van der Waals surface area (Å²) in [7, 11) is 0. The fourth-order valence-electron chi connectivity index (χ4n) is 3.58. The number of para-hydroxylation sites is 2. The molecule has 0 aliphatic carbocycles. The van der Waals surface area contributed by atoms with Crippen LogP contribution in [0.15, 0.2) is 92.5 Å². The number of rotatable bonds is 5. The summed E-state index contributed by atoms with van der Waals surface area (Å²) < 4.78 is 10.9. The molecule has 2 aromatic heterocycles. The van der Waals surface area contributed by atoms with Crippen molar-refractivity contribution in [1.82, 2.24) is 0 Å². The number of nitro groups is 1. The van der Waals surface area contributed by atoms with Crippen molar-refractivity contribution in [2.45, 2.75) is 0 Å². The molecule has 2 heterocycles. The van der Waals surface area contributed by atoms with Crippen molar-refractivity contribution >= 4 is 50.8 Å². The molecule has 0 atom stereocenters. The molecule has 10 nitrogen and oxygen atoms in total. The molecule has 5 rings (SSSR count). The Morgan fingerprint density at radius 3 is 2.23 bits per heavy atom. The van der Waals surface area contributed by atoms with Gasteiger partial charge in [-0.2, -0.15) is 0 Å². The van der Waals surface area contributed by atoms with Gasteiger partial charge in [0.05, 0.1) is 4.92 Å². The highest BCUT2D eigenvalue weighted by molar-refractivity contribution is 6.17. The zero-order valence-electron chi connectivity index (χ0n) is 17.8. The normalized spacial score (nSPS) is 10.9. The number of anilines is 2. The molecule has 0 saturated carbocycles. The smallest absolute Gasteiger partial charge is 0.349 e. The maximum Gasteiger partial charge on any atom is 0.349 e. The van der Waals surface area contributed by atoms with E-state index < -0.39 is 22.4 Å². The van der Waals surface area contributed by atoms with E-state index in [9.17, 15) is 24.5 Å². The van der Waals surface area contributed by atoms with E-state index in [1.54, 1.807) is 48.5 Å². The fourth-order valence-corrected chi connectivity index (χ4v) is 3.58. The first-order valence-electron chi connectivity index (χ1n) is 10.3. The van der Waals surface area contributed by atoms with E-state index in [0.29, 0.717) is 21.9 Å². The zero-order chi connectivity index (χ0) is 24.5. The van der Waals surface area contributed by atoms with Crippen molar-refractivity contribution in [1.29, 1.82) is 0 Å². The second kappa shape index (κ2) is 8.60. The maximum absolute atomic E-state index is 13.0. The summed E-state index contributed by atoms with van der Waals surface area (Å²) in [5.74, 6) is -1.68. The number of benzene rings is 3. The molecule has 35 heavy (non-hydrogen) atoms. The highest BCUT2D eigenvalue weighted by Gasteiger charge is 2.24. The van der Waals surface area contributed by atoms with Crippen LogP contribution in [0.3, 0.4) is 0 Å². The number of amides is 2. The minimum atomic E-state index is -0.828. The van der Waals surface area contributed by atoms with Gasteiger partial charge in [-0.15, -0.1) is 0 Å². The Morgan fingerprint density at radius 2 is 1.49 bits per heavy atom. The number of furan rings is 1. The summed E-state index contributed by atoms with van der Waals surface area (Å²) in [5, 5.41) is 17.0. The molecule has 3 aromatic carbocycles. The number of carbonyl (C=O) groups is 2. The number of hydrogen-bond acceptors (Lipinski definition) is 7. The standard InChI is InChI=1S/C25H15N3O7/c29-23(18-13-14-5-1-3-7-19(14)35-25(18)31)27-21-17-6-2-4-8-20(17)34-22(21)24(30)26-15-9-11-16(12-10-15)28(32)33/h1-13H,(H,26,30)(H,27,29). The van der Waals surface area contributed by atoms with Crippen molar-refractivity contribution < 1.29 is 23.3 Å². The lowest BCUT2D eigenvalue weighted by molar-refractivity contribution is -0.384. The van der Waals surface area contributed by atoms with Gasteiger partial charge in [-0.25, -0.2) is 4.79 Å². The van der Waals surface area contributed by atoms with Crippen molar-refractivity contribution in [3.63, 3.8) is 0 Å². The lowest BCUT2D eigenvalue weighted by atomic mass is 10.1. The molecular formula is C25H15N3O7. The summed E-state index contributed by atoms with van der Waals surface area (Å²) in [6, 6.07) is 20.1. The van der Waals surface area contributed by atoms with Crippen LogP contribution in [-0.4, -0.2) is 16.7 Å². The second-order valence-electron chi connectivity index (χ2n) is 7.50. The molecule has 0 radical (unpaired) electrons. The van der Waals surface area contributed by atoms with E-state index in [-0.39, 0.29) is 28.4 Å². The molecule has 0 aliphatic heterocycles. The van der Waals surface area contributed by atoms with Gasteiger partial charge >= 0.3 is 5.63 Å². The van der Waals surface area contributed by atoms with Crippen LogP contribution in [0.5, 0.6) is 0 Å². The first-order valence-corrected chi connectivity index (χ1v) is 10.3. The molecule has 172 valence electrons. The van der Waals surface area contributed by atoms with Crippen LogP contribution in [0.4, 0.5) is 17.1 Å². The number of hydrogen-bond donors (Lipinski definition) is 2. The van der Waals surface area contributed by atoms with E-state index in [1.165, 1.54) is 30.3 Å². The minimum absolute atomic E-state index is 0.0672. The largest absolute Gasteiger partial charge is 0.449 e. The van der Waals surface area contributed by atoms with Gasteiger partial charge in [0.15, 0.2) is 0 Å². The molecule has 0 saturated heterocycles. The number of nitro benzene ring substituents is 1. The van der Waals surface area contributed by atoms with Crippen LogP contribution in [0.25, 0.3) is 21.9 Å². The number of nitrogens with one attached hydrogen (secondary N) is 2. The molecular weight excluding hydrogens is 454 g/mol. The summed E-state index contributed by atoms with van der Waals surface area (Å²) in [5.41, 5.74) is -0.172. The number of fused-ring (bicyclic) bond motifs is 2. The third kappa shape index (κ3) is 4.11. The van der Waals surface area contributed by atoms with Gasteiger partial charge in [-0.1, -0.05) is 30.3 Å². The molecule has 0 fully saturated rings. The third-order valence-corrected chi connectivity index (χ3v) is 5.26. The lowest BCUT2D eigenvalue weighted by Crippen LogP contribution is -2.22. The average Bonchev–Trinajstić information content (AvgIpc) is 3.22. The van der Waals surface area contributed by atoms with Crippen molar-refractivity contribution in [3.8, 4) is 0 Å². The first kappa shape index (κ1) is 21.6. The van der Waals surface area contributed by atoms with Crippen LogP contribution in [0.1, 0.15) is 20.9 Å². The molecule has 5 aromatic rings. The topological polar surface area (TPSA) is 145 Å². The predicted octanol–water partition coefficient (Wildman–Crippen LogP) is 4.95. The van der Waals surface area contributed by atoms with Crippen molar-refractivity contribution in [3.05, 3.63) is 111 Å². The number of non-ortho nitro benzene ring substituents is 1. The van der Waals surface area contributed by atoms with E-state index in [1.807, 2.05) is 0 Å². The Balaban J connectivity index is 1.50. The van der Waals surface area contributed by atoms with Crippen LogP contribution in [-0.2, 0) is 0 Å². The summed E-state index contributed by atoms with van der Waals surface area (Å²) >= 11 is 0. The number of carbonyl (C=O) groups excluding carboxylic acids is 2. The fraction of sp³-hybridized carbons (Fsp3) is 0. The van der Waals surface area contributed by atoms with E-state index in [4.69, 9.17) is 8.83 Å². The van der Waals surface area contributed by atoms with Crippen molar-refractivity contribution in [2.24, 2.45) is 0 Å². The lowest BCUT2D eigenvalue weighted by Gasteiger charge is -2.07. The van der Waals surface area contributed by atoms with Gasteiger partial charge in [0.2, 0.25) is 5.76 Å². The zero-order valence-corrected chi connectivity index (χ0v) is 17.8. The maximum atomic E-state index is 13.0. The first-order chi connectivity index (χ1) is 16.9. The average molecular weight is 469 g/mol. The Morgan fingerprint density at radius 1 is 0.800 bits per heavy atom. The highest BCUT2D eigenvalue weighted by atomic mass is 16.6. The van der Waals surface area contributed by atoms with E-state index in [0.717, 1.165) is 0 Å². The summed E-state index contributed by atoms with van der Waals surface area (Å²) in [4.78, 5) is 48.8. The van der Waals surface area contributed by atoms with Gasteiger partial charge in [-0.3, -0.25) is 19.7 Å². The van der Waals surface area contributed by atoms with Crippen LogP contribution in [0, 0.1) is 10.1 Å². The Hall–Kier alpha value is -5.25. The highest BCUT2D eigenvalue weighted by Crippen LogP contribution is 2.32. The molecule has 0 bridgehead atoms. The third-order valence-electron chi connectivity index (χ3n) is 5.26. The summed E-state index contributed by atoms with van der Waals surface area (Å²) in [6.07, 6.45) is 0. The van der Waals surface area contributed by atoms with Crippen LogP contribution >= 0.6 is 0 Å². The van der Waals surface area contributed by atoms with Crippen LogP contribution in [0.2, 0.25) is 0 Å². The molecule has 0 aliphatic rings. The minimum Gasteiger partial charge on any atom is -0.449 e. The molecule has 2 N–H and O–H groups in total. The predicted molar refractivity (Wildman–Crippen MR) is 128 cm³/mol. The molecule has 10 heteroatoms. The van der Waals surface area contributed by atoms with Crippen molar-refractivity contribution in [2.75, 3.05) is 10.6 Å². The Kier molecular flexibility index (Phi) is 5.30. The number of nitrogens with zero attached hydrogens (tertiary/aromatic N) is 1. The van der Waals surface area contributed by atoms with E-state index in [2.05, 4.69) is 10.6 Å². The van der Waals surface area contributed by atoms with Crippen LogP contribution < -0.4 is 16.3 Å². The molecule has 0 unspecified atom stereocenters. The quantitative estimate of drug-likeness (QED) is 0.210. The summed E-state index contributed by atoms with van der Waals surface area (Å²) in [6.45, 7) is 0. The molecule has 2 amide bonds. The van der Waals surface area contributed by atoms with Gasteiger partial charge in [-0.05, 0) is 36.4 Å². The van der Waals surface area contributed by atoms with Gasteiger partial charge < -0.3 is 19.5 Å². The van der Waals surface area contributed by atoms with Gasteiger partial charge in [0, 0.05) is 28.6 Å². The van der Waals surface area contributed by atoms with Gasteiger partial charge in [0.1, 0.15) is 22.4 Å². The Labute approximate surface area is 195 Å². The monoisotopic (exact) mass is 469 g/mol. The Bertz CT molecular complexity index is 1680. The second-order valence-corrected chi connectivity index (χ2v) is 7.50. The SMILES string of the molecule is O=C(Nc1ccc([N+](=O)[O-])cc1)c1oc2ccccc2c1NC(=O)c1cc2ccccc2oc1=O. The van der Waals surface area contributed by atoms with Gasteiger partial charge in [0.25, 0.3) is 17.5 Å².